The first kappa shape index (κ1) is 17.9. The summed E-state index contributed by atoms with van der Waals surface area (Å²) < 4.78 is 0. The van der Waals surface area contributed by atoms with E-state index >= 15 is 0 Å². The van der Waals surface area contributed by atoms with Gasteiger partial charge in [-0.05, 0) is 18.4 Å². The zero-order valence-corrected chi connectivity index (χ0v) is 13.4. The van der Waals surface area contributed by atoms with Gasteiger partial charge in [0.2, 0.25) is 5.91 Å². The van der Waals surface area contributed by atoms with Crippen LogP contribution in [-0.2, 0) is 16.0 Å². The average molecular weight is 334 g/mol. The standard InChI is InChI=1S/C17H22N2O5/c20-16(11-12-6-5-7-13(10-12)19(23)24)18-15-9-4-2-1-3-8-14(15)17(21)22/h5-7,10,14-15H,1-4,8-9,11H2,(H,18,20)(H,21,22). The van der Waals surface area contributed by atoms with E-state index in [1.54, 1.807) is 6.07 Å². The number of nitro benzene ring substituents is 1. The molecule has 24 heavy (non-hydrogen) atoms. The zero-order chi connectivity index (χ0) is 17.5. The Morgan fingerprint density at radius 1 is 1.21 bits per heavy atom. The molecule has 2 unspecified atom stereocenters. The van der Waals surface area contributed by atoms with Gasteiger partial charge < -0.3 is 10.4 Å². The molecule has 1 saturated carbocycles. The first-order valence-corrected chi connectivity index (χ1v) is 8.23. The third-order valence-electron chi connectivity index (χ3n) is 4.42. The van der Waals surface area contributed by atoms with Gasteiger partial charge in [-0.1, -0.05) is 37.8 Å². The first-order valence-electron chi connectivity index (χ1n) is 8.23. The Kier molecular flexibility index (Phi) is 6.28. The minimum Gasteiger partial charge on any atom is -0.481 e. The summed E-state index contributed by atoms with van der Waals surface area (Å²) in [6.07, 6.45) is 5.04. The maximum atomic E-state index is 12.3. The largest absolute Gasteiger partial charge is 0.481 e. The van der Waals surface area contributed by atoms with Crippen LogP contribution >= 0.6 is 0 Å². The molecule has 2 rings (SSSR count). The van der Waals surface area contributed by atoms with Crippen LogP contribution in [0, 0.1) is 16.0 Å². The molecule has 1 aromatic rings. The fourth-order valence-electron chi connectivity index (χ4n) is 3.18. The highest BCUT2D eigenvalue weighted by Crippen LogP contribution is 2.23. The van der Waals surface area contributed by atoms with Crippen molar-refractivity contribution in [2.24, 2.45) is 5.92 Å². The number of amides is 1. The molecule has 7 heteroatoms. The monoisotopic (exact) mass is 334 g/mol. The number of nitro groups is 1. The Labute approximate surface area is 140 Å². The maximum Gasteiger partial charge on any atom is 0.308 e. The van der Waals surface area contributed by atoms with Crippen LogP contribution in [-0.4, -0.2) is 27.9 Å². The third-order valence-corrected chi connectivity index (χ3v) is 4.42. The summed E-state index contributed by atoms with van der Waals surface area (Å²) >= 11 is 0. The van der Waals surface area contributed by atoms with Crippen LogP contribution in [0.3, 0.4) is 0 Å². The average Bonchev–Trinajstić information content (AvgIpc) is 2.50. The van der Waals surface area contributed by atoms with Crippen molar-refractivity contribution in [3.8, 4) is 0 Å². The van der Waals surface area contributed by atoms with Crippen molar-refractivity contribution in [3.63, 3.8) is 0 Å². The fourth-order valence-corrected chi connectivity index (χ4v) is 3.18. The Morgan fingerprint density at radius 3 is 2.58 bits per heavy atom. The van der Waals surface area contributed by atoms with E-state index in [1.165, 1.54) is 18.2 Å². The van der Waals surface area contributed by atoms with Crippen molar-refractivity contribution >= 4 is 17.6 Å². The van der Waals surface area contributed by atoms with Gasteiger partial charge in [-0.25, -0.2) is 0 Å². The van der Waals surface area contributed by atoms with Gasteiger partial charge >= 0.3 is 5.97 Å². The molecule has 1 aliphatic rings. The highest BCUT2D eigenvalue weighted by Gasteiger charge is 2.29. The van der Waals surface area contributed by atoms with Crippen molar-refractivity contribution in [2.75, 3.05) is 0 Å². The van der Waals surface area contributed by atoms with Crippen molar-refractivity contribution in [3.05, 3.63) is 39.9 Å². The molecule has 1 aliphatic carbocycles. The number of nitrogens with zero attached hydrogens (tertiary/aromatic N) is 1. The molecule has 7 nitrogen and oxygen atoms in total. The first-order chi connectivity index (χ1) is 11.5. The van der Waals surface area contributed by atoms with Crippen molar-refractivity contribution in [2.45, 2.75) is 51.0 Å². The summed E-state index contributed by atoms with van der Waals surface area (Å²) in [4.78, 5) is 34.0. The van der Waals surface area contributed by atoms with E-state index in [1.807, 2.05) is 0 Å². The molecule has 0 saturated heterocycles. The number of carbonyl (C=O) groups is 2. The molecule has 0 spiro atoms. The number of benzene rings is 1. The van der Waals surface area contributed by atoms with Crippen LogP contribution in [0.1, 0.15) is 44.1 Å². The van der Waals surface area contributed by atoms with Gasteiger partial charge in [-0.2, -0.15) is 0 Å². The van der Waals surface area contributed by atoms with Crippen LogP contribution in [0.5, 0.6) is 0 Å². The molecule has 2 atom stereocenters. The van der Waals surface area contributed by atoms with Crippen molar-refractivity contribution in [1.82, 2.24) is 5.32 Å². The minimum absolute atomic E-state index is 0.00448. The van der Waals surface area contributed by atoms with Gasteiger partial charge in [0.05, 0.1) is 17.3 Å². The lowest BCUT2D eigenvalue weighted by molar-refractivity contribution is -0.384. The molecule has 1 amide bonds. The Hall–Kier alpha value is -2.44. The van der Waals surface area contributed by atoms with E-state index in [0.29, 0.717) is 18.4 Å². The second kappa shape index (κ2) is 8.42. The number of carbonyl (C=O) groups excluding carboxylic acids is 1. The lowest BCUT2D eigenvalue weighted by atomic mass is 9.86. The molecule has 0 aromatic heterocycles. The molecule has 0 radical (unpaired) electrons. The van der Waals surface area contributed by atoms with Gasteiger partial charge in [-0.3, -0.25) is 19.7 Å². The van der Waals surface area contributed by atoms with E-state index in [-0.39, 0.29) is 24.1 Å². The summed E-state index contributed by atoms with van der Waals surface area (Å²) in [7, 11) is 0. The number of non-ortho nitro benzene ring substituents is 1. The van der Waals surface area contributed by atoms with Crippen molar-refractivity contribution in [1.29, 1.82) is 0 Å². The molecule has 0 heterocycles. The molecule has 0 bridgehead atoms. The smallest absolute Gasteiger partial charge is 0.308 e. The number of carboxylic acids is 1. The van der Waals surface area contributed by atoms with Gasteiger partial charge in [-0.15, -0.1) is 0 Å². The summed E-state index contributed by atoms with van der Waals surface area (Å²) in [5, 5.41) is 23.0. The number of rotatable bonds is 5. The van der Waals surface area contributed by atoms with E-state index < -0.39 is 16.8 Å². The quantitative estimate of drug-likeness (QED) is 0.635. The highest BCUT2D eigenvalue weighted by atomic mass is 16.6. The molecular weight excluding hydrogens is 312 g/mol. The van der Waals surface area contributed by atoms with Gasteiger partial charge in [0, 0.05) is 18.2 Å². The van der Waals surface area contributed by atoms with Gasteiger partial charge in [0.15, 0.2) is 0 Å². The van der Waals surface area contributed by atoms with E-state index in [4.69, 9.17) is 0 Å². The molecule has 2 N–H and O–H groups in total. The predicted octanol–water partition coefficient (Wildman–Crippen LogP) is 2.68. The number of carboxylic acid groups (broad SMARTS) is 1. The molecule has 1 aromatic carbocycles. The number of hydrogen-bond acceptors (Lipinski definition) is 4. The second-order valence-electron chi connectivity index (χ2n) is 6.21. The normalized spacial score (nSPS) is 21.3. The summed E-state index contributed by atoms with van der Waals surface area (Å²) in [6.45, 7) is 0. The van der Waals surface area contributed by atoms with Crippen LogP contribution < -0.4 is 5.32 Å². The Morgan fingerprint density at radius 2 is 1.92 bits per heavy atom. The summed E-state index contributed by atoms with van der Waals surface area (Å²) in [5.74, 6) is -1.75. The van der Waals surface area contributed by atoms with Crippen LogP contribution in [0.2, 0.25) is 0 Å². The third kappa shape index (κ3) is 5.04. The lowest BCUT2D eigenvalue weighted by Gasteiger charge is -2.27. The highest BCUT2D eigenvalue weighted by molar-refractivity contribution is 5.80. The lowest BCUT2D eigenvalue weighted by Crippen LogP contribution is -2.44. The maximum absolute atomic E-state index is 12.3. The van der Waals surface area contributed by atoms with Crippen LogP contribution in [0.25, 0.3) is 0 Å². The number of nitrogens with one attached hydrogen (secondary N) is 1. The SMILES string of the molecule is O=C(Cc1cccc([N+](=O)[O-])c1)NC1CCCCCCC1C(=O)O. The summed E-state index contributed by atoms with van der Waals surface area (Å²) in [5.41, 5.74) is 0.481. The van der Waals surface area contributed by atoms with E-state index in [9.17, 15) is 24.8 Å². The van der Waals surface area contributed by atoms with Gasteiger partial charge in [0.1, 0.15) is 0 Å². The molecule has 1 fully saturated rings. The van der Waals surface area contributed by atoms with E-state index in [0.717, 1.165) is 25.7 Å². The molecule has 0 aliphatic heterocycles. The van der Waals surface area contributed by atoms with Crippen LogP contribution in [0.4, 0.5) is 5.69 Å². The zero-order valence-electron chi connectivity index (χ0n) is 13.4. The molecule has 130 valence electrons. The number of aliphatic carboxylic acids is 1. The topological polar surface area (TPSA) is 110 Å². The van der Waals surface area contributed by atoms with Crippen LogP contribution in [0.15, 0.2) is 24.3 Å². The Bertz CT molecular complexity index is 617. The summed E-state index contributed by atoms with van der Waals surface area (Å²) in [6, 6.07) is 5.55. The minimum atomic E-state index is -0.877. The second-order valence-corrected chi connectivity index (χ2v) is 6.21. The number of hydrogen-bond donors (Lipinski definition) is 2. The van der Waals surface area contributed by atoms with E-state index in [2.05, 4.69) is 5.32 Å². The van der Waals surface area contributed by atoms with Gasteiger partial charge in [0.25, 0.3) is 5.69 Å². The fraction of sp³-hybridized carbons (Fsp3) is 0.529. The molecular formula is C17H22N2O5. The Balaban J connectivity index is 2.02. The predicted molar refractivity (Wildman–Crippen MR) is 87.6 cm³/mol. The van der Waals surface area contributed by atoms with Crippen molar-refractivity contribution < 1.29 is 19.6 Å².